The van der Waals surface area contributed by atoms with Crippen molar-refractivity contribution in [3.63, 3.8) is 0 Å². The Balaban J connectivity index is 2.37. The van der Waals surface area contributed by atoms with E-state index in [4.69, 9.17) is 14.2 Å². The van der Waals surface area contributed by atoms with Crippen LogP contribution in [0.1, 0.15) is 13.8 Å². The molecular weight excluding hydrogens is 372 g/mol. The molecule has 0 amide bonds. The van der Waals surface area contributed by atoms with Gasteiger partial charge in [0.15, 0.2) is 0 Å². The Morgan fingerprint density at radius 3 is 1.69 bits per heavy atom. The van der Waals surface area contributed by atoms with Gasteiger partial charge in [0.2, 0.25) is 0 Å². The topological polar surface area (TPSA) is 78.9 Å². The first kappa shape index (κ1) is 21.4. The molecule has 0 spiro atoms. The lowest BCUT2D eigenvalue weighted by Gasteiger charge is -2.11. The van der Waals surface area contributed by atoms with E-state index in [-0.39, 0.29) is 22.6 Å². The highest BCUT2D eigenvalue weighted by molar-refractivity contribution is 5.90. The van der Waals surface area contributed by atoms with Gasteiger partial charge in [-0.15, -0.1) is 0 Å². The van der Waals surface area contributed by atoms with E-state index in [1.54, 1.807) is 43.3 Å². The van der Waals surface area contributed by atoms with Crippen molar-refractivity contribution in [2.45, 2.75) is 13.8 Å². The largest absolute Gasteiger partial charge is 0.423 e. The minimum absolute atomic E-state index is 0.176. The molecule has 29 heavy (non-hydrogen) atoms. The van der Waals surface area contributed by atoms with Crippen molar-refractivity contribution in [3.8, 4) is 28.4 Å². The molecule has 0 aromatic heterocycles. The van der Waals surface area contributed by atoms with Crippen LogP contribution in [0.15, 0.2) is 79.4 Å². The minimum atomic E-state index is -0.651. The van der Waals surface area contributed by atoms with Crippen LogP contribution in [0.25, 0.3) is 11.1 Å². The summed E-state index contributed by atoms with van der Waals surface area (Å²) < 4.78 is 15.6. The molecule has 0 aliphatic carbocycles. The summed E-state index contributed by atoms with van der Waals surface area (Å²) >= 11 is 0. The number of hydrogen-bond acceptors (Lipinski definition) is 6. The number of carbonyl (C=O) groups is 3. The third kappa shape index (κ3) is 6.04. The first-order valence-electron chi connectivity index (χ1n) is 8.54. The molecule has 0 N–H and O–H groups in total. The van der Waals surface area contributed by atoms with Crippen molar-refractivity contribution in [2.24, 2.45) is 0 Å². The summed E-state index contributed by atoms with van der Waals surface area (Å²) in [6.45, 7) is 13.5. The lowest BCUT2D eigenvalue weighted by Crippen LogP contribution is -2.09. The zero-order chi connectivity index (χ0) is 21.6. The summed E-state index contributed by atoms with van der Waals surface area (Å²) in [6, 6.07) is 11.3. The third-order valence-electron chi connectivity index (χ3n) is 3.57. The number of rotatable bonds is 7. The van der Waals surface area contributed by atoms with Crippen LogP contribution in [0.4, 0.5) is 0 Å². The van der Waals surface area contributed by atoms with E-state index >= 15 is 0 Å². The van der Waals surface area contributed by atoms with Crippen molar-refractivity contribution in [2.75, 3.05) is 0 Å². The van der Waals surface area contributed by atoms with Crippen molar-refractivity contribution < 1.29 is 28.6 Å². The van der Waals surface area contributed by atoms with Gasteiger partial charge >= 0.3 is 17.9 Å². The van der Waals surface area contributed by atoms with Crippen molar-refractivity contribution in [3.05, 3.63) is 79.4 Å². The molecule has 6 nitrogen and oxygen atoms in total. The van der Waals surface area contributed by atoms with Crippen molar-refractivity contribution in [1.29, 1.82) is 0 Å². The standard InChI is InChI=1S/C23H20O6/c1-6-21(24)27-19-11-17(12-20(13-19)29-23(26)15(4)5)16-7-9-18(10-8-16)28-22(25)14(2)3/h6-13H,1-2,4H2,3,5H3. The van der Waals surface area contributed by atoms with Gasteiger partial charge in [0.05, 0.1) is 0 Å². The number of benzene rings is 2. The molecular formula is C23H20O6. The van der Waals surface area contributed by atoms with Crippen LogP contribution in [0, 0.1) is 0 Å². The maximum atomic E-state index is 11.9. The smallest absolute Gasteiger partial charge is 0.338 e. The van der Waals surface area contributed by atoms with E-state index in [9.17, 15) is 14.4 Å². The molecule has 0 saturated heterocycles. The summed E-state index contributed by atoms with van der Waals surface area (Å²) in [5, 5.41) is 0. The van der Waals surface area contributed by atoms with Crippen LogP contribution >= 0.6 is 0 Å². The van der Waals surface area contributed by atoms with E-state index in [0.717, 1.165) is 6.08 Å². The fraction of sp³-hybridized carbons (Fsp3) is 0.0870. The third-order valence-corrected chi connectivity index (χ3v) is 3.57. The predicted octanol–water partition coefficient (Wildman–Crippen LogP) is 4.41. The molecule has 2 aromatic rings. The second-order valence-corrected chi connectivity index (χ2v) is 6.18. The summed E-state index contributed by atoms with van der Waals surface area (Å²) in [5.74, 6) is -1.07. The molecule has 6 heteroatoms. The Bertz CT molecular complexity index is 999. The quantitative estimate of drug-likeness (QED) is 0.395. The fourth-order valence-corrected chi connectivity index (χ4v) is 2.12. The summed E-state index contributed by atoms with van der Waals surface area (Å²) in [7, 11) is 0. The predicted molar refractivity (Wildman–Crippen MR) is 109 cm³/mol. The zero-order valence-corrected chi connectivity index (χ0v) is 16.2. The molecule has 2 aromatic carbocycles. The molecule has 0 atom stereocenters. The highest BCUT2D eigenvalue weighted by atomic mass is 16.5. The van der Waals surface area contributed by atoms with E-state index in [1.165, 1.54) is 13.0 Å². The van der Waals surface area contributed by atoms with Crippen LogP contribution in [-0.4, -0.2) is 17.9 Å². The molecule has 0 aliphatic heterocycles. The second-order valence-electron chi connectivity index (χ2n) is 6.18. The fourth-order valence-electron chi connectivity index (χ4n) is 2.12. The summed E-state index contributed by atoms with van der Waals surface area (Å²) in [5.41, 5.74) is 1.84. The Morgan fingerprint density at radius 1 is 0.724 bits per heavy atom. The Morgan fingerprint density at radius 2 is 1.21 bits per heavy atom. The van der Waals surface area contributed by atoms with E-state index in [2.05, 4.69) is 19.7 Å². The minimum Gasteiger partial charge on any atom is -0.423 e. The van der Waals surface area contributed by atoms with Gasteiger partial charge in [-0.1, -0.05) is 31.9 Å². The SMILES string of the molecule is C=CC(=O)Oc1cc(OC(=O)C(=C)C)cc(-c2ccc(OC(=O)C(=C)C)cc2)c1. The lowest BCUT2D eigenvalue weighted by atomic mass is 10.0. The van der Waals surface area contributed by atoms with Crippen molar-refractivity contribution in [1.82, 2.24) is 0 Å². The van der Waals surface area contributed by atoms with E-state index in [0.29, 0.717) is 16.9 Å². The summed E-state index contributed by atoms with van der Waals surface area (Å²) in [6.07, 6.45) is 1.02. The zero-order valence-electron chi connectivity index (χ0n) is 16.2. The number of esters is 3. The Hall–Kier alpha value is -3.93. The first-order chi connectivity index (χ1) is 13.7. The molecule has 0 radical (unpaired) electrons. The van der Waals surface area contributed by atoms with Gasteiger partial charge in [0, 0.05) is 23.3 Å². The second kappa shape index (κ2) is 9.32. The Kier molecular flexibility index (Phi) is 6.87. The van der Waals surface area contributed by atoms with Crippen LogP contribution < -0.4 is 14.2 Å². The maximum absolute atomic E-state index is 11.9. The summed E-state index contributed by atoms with van der Waals surface area (Å²) in [4.78, 5) is 35.0. The highest BCUT2D eigenvalue weighted by Crippen LogP contribution is 2.31. The van der Waals surface area contributed by atoms with Gasteiger partial charge in [-0.25, -0.2) is 14.4 Å². The Labute approximate surface area is 168 Å². The van der Waals surface area contributed by atoms with Gasteiger partial charge in [0.25, 0.3) is 0 Å². The highest BCUT2D eigenvalue weighted by Gasteiger charge is 2.12. The molecule has 0 aliphatic rings. The van der Waals surface area contributed by atoms with E-state index in [1.807, 2.05) is 0 Å². The van der Waals surface area contributed by atoms with Crippen molar-refractivity contribution >= 4 is 17.9 Å². The van der Waals surface area contributed by atoms with Gasteiger partial charge in [-0.05, 0) is 49.2 Å². The number of ether oxygens (including phenoxy) is 3. The molecule has 0 saturated carbocycles. The first-order valence-corrected chi connectivity index (χ1v) is 8.54. The van der Waals surface area contributed by atoms with Gasteiger partial charge in [-0.2, -0.15) is 0 Å². The average Bonchev–Trinajstić information content (AvgIpc) is 2.68. The van der Waals surface area contributed by atoms with Crippen LogP contribution in [0.2, 0.25) is 0 Å². The van der Waals surface area contributed by atoms with Crippen LogP contribution in [0.3, 0.4) is 0 Å². The van der Waals surface area contributed by atoms with Gasteiger partial charge < -0.3 is 14.2 Å². The molecule has 0 bridgehead atoms. The normalized spacial score (nSPS) is 9.86. The van der Waals surface area contributed by atoms with Crippen LogP contribution in [0.5, 0.6) is 17.2 Å². The lowest BCUT2D eigenvalue weighted by molar-refractivity contribution is -0.131. The molecule has 0 unspecified atom stereocenters. The maximum Gasteiger partial charge on any atom is 0.338 e. The van der Waals surface area contributed by atoms with Crippen LogP contribution in [-0.2, 0) is 14.4 Å². The average molecular weight is 392 g/mol. The number of carbonyl (C=O) groups excluding carboxylic acids is 3. The molecule has 0 heterocycles. The number of hydrogen-bond donors (Lipinski definition) is 0. The van der Waals surface area contributed by atoms with Gasteiger partial charge in [-0.3, -0.25) is 0 Å². The molecule has 148 valence electrons. The monoisotopic (exact) mass is 392 g/mol. The van der Waals surface area contributed by atoms with Gasteiger partial charge in [0.1, 0.15) is 17.2 Å². The van der Waals surface area contributed by atoms with E-state index < -0.39 is 17.9 Å². The molecule has 2 rings (SSSR count). The molecule has 0 fully saturated rings.